The van der Waals surface area contributed by atoms with Gasteiger partial charge < -0.3 is 15.5 Å². The maximum absolute atomic E-state index is 9.59. The van der Waals surface area contributed by atoms with Crippen molar-refractivity contribution in [3.63, 3.8) is 0 Å². The molecule has 0 fully saturated rings. The van der Waals surface area contributed by atoms with Gasteiger partial charge in [-0.15, -0.1) is 0 Å². The number of rotatable bonds is 6. The second-order valence-electron chi connectivity index (χ2n) is 6.32. The van der Waals surface area contributed by atoms with Crippen LogP contribution in [0.1, 0.15) is 29.5 Å². The number of hydrogen-bond acceptors (Lipinski definition) is 3. The van der Waals surface area contributed by atoms with Crippen LogP contribution in [0.25, 0.3) is 0 Å². The van der Waals surface area contributed by atoms with Crippen molar-refractivity contribution in [2.24, 2.45) is 0 Å². The van der Waals surface area contributed by atoms with Crippen molar-refractivity contribution in [1.82, 2.24) is 5.32 Å². The second kappa shape index (κ2) is 7.86. The molecule has 0 aliphatic carbocycles. The van der Waals surface area contributed by atoms with Gasteiger partial charge in [-0.2, -0.15) is 0 Å². The lowest BCUT2D eigenvalue weighted by Crippen LogP contribution is -2.32. The van der Waals surface area contributed by atoms with Gasteiger partial charge in [-0.05, 0) is 47.9 Å². The first kappa shape index (κ1) is 17.1. The van der Waals surface area contributed by atoms with Crippen molar-refractivity contribution in [3.8, 4) is 11.5 Å². The van der Waals surface area contributed by atoms with E-state index in [9.17, 15) is 10.2 Å². The molecule has 0 aliphatic rings. The SMILES string of the molecule is CC(NCc1ccccc1)C(c1ccc(O)cc1)c1ccc(O)cc1. The number of hydrogen-bond donors (Lipinski definition) is 3. The quantitative estimate of drug-likeness (QED) is 0.626. The third-order valence-electron chi connectivity index (χ3n) is 4.48. The largest absolute Gasteiger partial charge is 0.508 e. The van der Waals surface area contributed by atoms with Crippen LogP contribution in [0.2, 0.25) is 0 Å². The molecular weight excluding hydrogens is 310 g/mol. The van der Waals surface area contributed by atoms with Gasteiger partial charge in [0.2, 0.25) is 0 Å². The Hall–Kier alpha value is -2.78. The van der Waals surface area contributed by atoms with Crippen LogP contribution in [-0.4, -0.2) is 16.3 Å². The molecule has 0 saturated carbocycles. The van der Waals surface area contributed by atoms with E-state index in [0.29, 0.717) is 0 Å². The molecular formula is C22H23NO2. The van der Waals surface area contributed by atoms with E-state index in [0.717, 1.165) is 17.7 Å². The molecule has 3 nitrogen and oxygen atoms in total. The molecule has 3 aromatic carbocycles. The van der Waals surface area contributed by atoms with Crippen LogP contribution in [0, 0.1) is 0 Å². The molecule has 128 valence electrons. The van der Waals surface area contributed by atoms with Crippen molar-refractivity contribution in [2.75, 3.05) is 0 Å². The number of aromatic hydroxyl groups is 2. The molecule has 25 heavy (non-hydrogen) atoms. The average Bonchev–Trinajstić information content (AvgIpc) is 2.64. The lowest BCUT2D eigenvalue weighted by atomic mass is 9.85. The molecule has 1 unspecified atom stereocenters. The van der Waals surface area contributed by atoms with Gasteiger partial charge in [0.15, 0.2) is 0 Å². The summed E-state index contributed by atoms with van der Waals surface area (Å²) >= 11 is 0. The Labute approximate surface area is 148 Å². The summed E-state index contributed by atoms with van der Waals surface area (Å²) in [5.74, 6) is 0.640. The predicted molar refractivity (Wildman–Crippen MR) is 101 cm³/mol. The molecule has 3 N–H and O–H groups in total. The van der Waals surface area contributed by atoms with Gasteiger partial charge in [-0.3, -0.25) is 0 Å². The van der Waals surface area contributed by atoms with E-state index in [1.165, 1.54) is 5.56 Å². The standard InChI is InChI=1S/C22H23NO2/c1-16(23-15-17-5-3-2-4-6-17)22(18-7-11-20(24)12-8-18)19-9-13-21(25)14-10-19/h2-14,16,22-25H,15H2,1H3. The van der Waals surface area contributed by atoms with Gasteiger partial charge >= 0.3 is 0 Å². The fraction of sp³-hybridized carbons (Fsp3) is 0.182. The van der Waals surface area contributed by atoms with Crippen molar-refractivity contribution >= 4 is 0 Å². The van der Waals surface area contributed by atoms with Gasteiger partial charge in [0, 0.05) is 18.5 Å². The first-order valence-corrected chi connectivity index (χ1v) is 8.48. The summed E-state index contributed by atoms with van der Waals surface area (Å²) in [6.07, 6.45) is 0. The van der Waals surface area contributed by atoms with Gasteiger partial charge in [0.05, 0.1) is 0 Å². The number of phenols is 2. The van der Waals surface area contributed by atoms with E-state index in [2.05, 4.69) is 24.4 Å². The first-order valence-electron chi connectivity index (χ1n) is 8.48. The lowest BCUT2D eigenvalue weighted by molar-refractivity contribution is 0.471. The molecule has 0 heterocycles. The molecule has 0 spiro atoms. The molecule has 0 bridgehead atoms. The average molecular weight is 333 g/mol. The van der Waals surface area contributed by atoms with E-state index in [1.54, 1.807) is 24.3 Å². The molecule has 0 radical (unpaired) electrons. The van der Waals surface area contributed by atoms with Crippen LogP contribution in [0.5, 0.6) is 11.5 Å². The zero-order valence-corrected chi connectivity index (χ0v) is 14.3. The van der Waals surface area contributed by atoms with Gasteiger partial charge in [-0.25, -0.2) is 0 Å². The van der Waals surface area contributed by atoms with Crippen LogP contribution in [0.4, 0.5) is 0 Å². The van der Waals surface area contributed by atoms with E-state index in [1.807, 2.05) is 42.5 Å². The van der Waals surface area contributed by atoms with Gasteiger partial charge in [0.1, 0.15) is 11.5 Å². The van der Waals surface area contributed by atoms with Crippen LogP contribution >= 0.6 is 0 Å². The second-order valence-corrected chi connectivity index (χ2v) is 6.32. The summed E-state index contributed by atoms with van der Waals surface area (Å²) in [5.41, 5.74) is 3.48. The molecule has 3 aromatic rings. The van der Waals surface area contributed by atoms with E-state index < -0.39 is 0 Å². The highest BCUT2D eigenvalue weighted by atomic mass is 16.3. The minimum absolute atomic E-state index is 0.116. The predicted octanol–water partition coefficient (Wildman–Crippen LogP) is 4.41. The minimum Gasteiger partial charge on any atom is -0.508 e. The topological polar surface area (TPSA) is 52.5 Å². The first-order chi connectivity index (χ1) is 12.1. The summed E-state index contributed by atoms with van der Waals surface area (Å²) in [4.78, 5) is 0. The fourth-order valence-corrected chi connectivity index (χ4v) is 3.13. The third kappa shape index (κ3) is 4.40. The van der Waals surface area contributed by atoms with Crippen LogP contribution < -0.4 is 5.32 Å². The molecule has 0 aromatic heterocycles. The Bertz CT molecular complexity index is 737. The molecule has 0 saturated heterocycles. The van der Waals surface area contributed by atoms with Crippen LogP contribution in [0.3, 0.4) is 0 Å². The van der Waals surface area contributed by atoms with E-state index in [-0.39, 0.29) is 23.5 Å². The highest BCUT2D eigenvalue weighted by Crippen LogP contribution is 2.30. The normalized spacial score (nSPS) is 12.2. The zero-order valence-electron chi connectivity index (χ0n) is 14.3. The van der Waals surface area contributed by atoms with Gasteiger partial charge in [0.25, 0.3) is 0 Å². The van der Waals surface area contributed by atoms with Crippen molar-refractivity contribution in [3.05, 3.63) is 95.6 Å². The van der Waals surface area contributed by atoms with Crippen LogP contribution in [0.15, 0.2) is 78.9 Å². The smallest absolute Gasteiger partial charge is 0.115 e. The Morgan fingerprint density at radius 3 is 1.68 bits per heavy atom. The maximum atomic E-state index is 9.59. The van der Waals surface area contributed by atoms with E-state index >= 15 is 0 Å². The summed E-state index contributed by atoms with van der Waals surface area (Å²) in [6, 6.07) is 25.2. The summed E-state index contributed by atoms with van der Waals surface area (Å²) in [7, 11) is 0. The lowest BCUT2D eigenvalue weighted by Gasteiger charge is -2.26. The molecule has 3 heteroatoms. The monoisotopic (exact) mass is 333 g/mol. The van der Waals surface area contributed by atoms with Crippen molar-refractivity contribution in [1.29, 1.82) is 0 Å². The highest BCUT2D eigenvalue weighted by Gasteiger charge is 2.21. The Morgan fingerprint density at radius 1 is 0.720 bits per heavy atom. The van der Waals surface area contributed by atoms with Crippen molar-refractivity contribution < 1.29 is 10.2 Å². The highest BCUT2D eigenvalue weighted by molar-refractivity contribution is 5.39. The molecule has 0 aliphatic heterocycles. The number of nitrogens with one attached hydrogen (secondary N) is 1. The van der Waals surface area contributed by atoms with E-state index in [4.69, 9.17) is 0 Å². The fourth-order valence-electron chi connectivity index (χ4n) is 3.13. The van der Waals surface area contributed by atoms with Crippen LogP contribution in [-0.2, 0) is 6.54 Å². The zero-order chi connectivity index (χ0) is 17.6. The third-order valence-corrected chi connectivity index (χ3v) is 4.48. The minimum atomic E-state index is 0.116. The van der Waals surface area contributed by atoms with Crippen molar-refractivity contribution in [2.45, 2.75) is 25.4 Å². The maximum Gasteiger partial charge on any atom is 0.115 e. The molecule has 3 rings (SSSR count). The number of benzene rings is 3. The summed E-state index contributed by atoms with van der Waals surface area (Å²) < 4.78 is 0. The Balaban J connectivity index is 1.84. The number of phenolic OH excluding ortho intramolecular Hbond substituents is 2. The Kier molecular flexibility index (Phi) is 5.36. The van der Waals surface area contributed by atoms with Gasteiger partial charge in [-0.1, -0.05) is 54.6 Å². The summed E-state index contributed by atoms with van der Waals surface area (Å²) in [5, 5.41) is 22.8. The molecule has 1 atom stereocenters. The summed E-state index contributed by atoms with van der Waals surface area (Å²) in [6.45, 7) is 2.95. The molecule has 0 amide bonds. The Morgan fingerprint density at radius 2 is 1.20 bits per heavy atom.